The predicted octanol–water partition coefficient (Wildman–Crippen LogP) is 3.60. The van der Waals surface area contributed by atoms with Crippen molar-refractivity contribution in [2.75, 3.05) is 18.5 Å². The zero-order valence-corrected chi connectivity index (χ0v) is 15.7. The Bertz CT molecular complexity index is 774. The maximum atomic E-state index is 12.6. The van der Waals surface area contributed by atoms with Crippen molar-refractivity contribution in [3.8, 4) is 5.75 Å². The molecule has 0 unspecified atom stereocenters. The number of unbranched alkanes of at least 4 members (excludes halogenated alkanes) is 1. The van der Waals surface area contributed by atoms with Gasteiger partial charge in [-0.05, 0) is 53.4 Å². The molecule has 2 heterocycles. The van der Waals surface area contributed by atoms with Crippen molar-refractivity contribution in [2.24, 2.45) is 0 Å². The lowest BCUT2D eigenvalue weighted by Gasteiger charge is -2.29. The number of aliphatic hydroxyl groups excluding tert-OH is 1. The SMILES string of the molecule is O=C(Nc1cccc(O)c1)C1=C[C@@H](c2ccsc2)C[C@@H](OCCCCO)O1. The summed E-state index contributed by atoms with van der Waals surface area (Å²) in [4.78, 5) is 12.6. The van der Waals surface area contributed by atoms with Gasteiger partial charge in [-0.3, -0.25) is 4.79 Å². The lowest BCUT2D eigenvalue weighted by Crippen LogP contribution is -2.29. The van der Waals surface area contributed by atoms with E-state index in [1.54, 1.807) is 23.5 Å². The molecule has 7 heteroatoms. The third-order valence-electron chi connectivity index (χ3n) is 4.21. The average Bonchev–Trinajstić information content (AvgIpc) is 3.20. The maximum Gasteiger partial charge on any atom is 0.290 e. The minimum absolute atomic E-state index is 0.0257. The third kappa shape index (κ3) is 5.56. The van der Waals surface area contributed by atoms with E-state index >= 15 is 0 Å². The number of carbonyl (C=O) groups is 1. The number of hydrogen-bond donors (Lipinski definition) is 3. The number of aromatic hydroxyl groups is 1. The molecule has 1 aliphatic rings. The van der Waals surface area contributed by atoms with Crippen molar-refractivity contribution >= 4 is 22.9 Å². The highest BCUT2D eigenvalue weighted by atomic mass is 32.1. The maximum absolute atomic E-state index is 12.6. The van der Waals surface area contributed by atoms with Gasteiger partial charge < -0.3 is 25.0 Å². The van der Waals surface area contributed by atoms with Crippen molar-refractivity contribution in [1.82, 2.24) is 0 Å². The van der Waals surface area contributed by atoms with Crippen LogP contribution in [0.3, 0.4) is 0 Å². The van der Waals surface area contributed by atoms with Crippen LogP contribution in [0, 0.1) is 0 Å². The number of benzene rings is 1. The van der Waals surface area contributed by atoms with Gasteiger partial charge in [0, 0.05) is 30.7 Å². The van der Waals surface area contributed by atoms with Gasteiger partial charge in [0.1, 0.15) is 5.75 Å². The molecule has 1 amide bonds. The Hall–Kier alpha value is -2.35. The standard InChI is InChI=1S/C20H23NO5S/c22-7-1-2-8-25-19-11-15(14-6-9-27-13-14)10-18(26-19)20(24)21-16-4-3-5-17(23)12-16/h3-6,9-10,12-13,15,19,22-23H,1-2,7-8,11H2,(H,21,24)/t15-,19+/m1/s1. The van der Waals surface area contributed by atoms with E-state index in [-0.39, 0.29) is 29.9 Å². The summed E-state index contributed by atoms with van der Waals surface area (Å²) in [5.74, 6) is -0.0807. The first-order valence-corrected chi connectivity index (χ1v) is 9.83. The fourth-order valence-electron chi connectivity index (χ4n) is 2.84. The summed E-state index contributed by atoms with van der Waals surface area (Å²) in [7, 11) is 0. The molecule has 144 valence electrons. The molecule has 2 aromatic rings. The van der Waals surface area contributed by atoms with Crippen LogP contribution in [0.15, 0.2) is 52.9 Å². The monoisotopic (exact) mass is 389 g/mol. The fourth-order valence-corrected chi connectivity index (χ4v) is 3.57. The van der Waals surface area contributed by atoms with Gasteiger partial charge in [-0.1, -0.05) is 6.07 Å². The Morgan fingerprint density at radius 3 is 2.96 bits per heavy atom. The molecule has 0 fully saturated rings. The third-order valence-corrected chi connectivity index (χ3v) is 4.91. The van der Waals surface area contributed by atoms with Crippen LogP contribution in [-0.2, 0) is 14.3 Å². The van der Waals surface area contributed by atoms with Gasteiger partial charge in [-0.2, -0.15) is 11.3 Å². The van der Waals surface area contributed by atoms with E-state index < -0.39 is 6.29 Å². The van der Waals surface area contributed by atoms with Crippen LogP contribution in [-0.4, -0.2) is 35.6 Å². The first kappa shape index (κ1) is 19.4. The lowest BCUT2D eigenvalue weighted by molar-refractivity contribution is -0.143. The van der Waals surface area contributed by atoms with Gasteiger partial charge in [0.25, 0.3) is 5.91 Å². The molecule has 0 saturated heterocycles. The second-order valence-corrected chi connectivity index (χ2v) is 7.06. The fraction of sp³-hybridized carbons (Fsp3) is 0.350. The molecule has 0 spiro atoms. The minimum Gasteiger partial charge on any atom is -0.508 e. The number of carbonyl (C=O) groups excluding carboxylic acids is 1. The number of nitrogens with one attached hydrogen (secondary N) is 1. The highest BCUT2D eigenvalue weighted by molar-refractivity contribution is 7.08. The molecule has 1 aliphatic heterocycles. The predicted molar refractivity (Wildman–Crippen MR) is 104 cm³/mol. The van der Waals surface area contributed by atoms with Crippen LogP contribution in [0.4, 0.5) is 5.69 Å². The zero-order valence-electron chi connectivity index (χ0n) is 14.8. The van der Waals surface area contributed by atoms with E-state index in [4.69, 9.17) is 14.6 Å². The van der Waals surface area contributed by atoms with Gasteiger partial charge in [0.15, 0.2) is 5.76 Å². The number of aliphatic hydroxyl groups is 1. The van der Waals surface area contributed by atoms with E-state index in [2.05, 4.69) is 10.7 Å². The second kappa shape index (κ2) is 9.55. The van der Waals surface area contributed by atoms with Crippen molar-refractivity contribution in [1.29, 1.82) is 0 Å². The van der Waals surface area contributed by atoms with E-state index in [1.165, 1.54) is 12.1 Å². The first-order chi connectivity index (χ1) is 13.2. The van der Waals surface area contributed by atoms with Gasteiger partial charge in [0.2, 0.25) is 6.29 Å². The van der Waals surface area contributed by atoms with Crippen molar-refractivity contribution < 1.29 is 24.5 Å². The molecule has 27 heavy (non-hydrogen) atoms. The van der Waals surface area contributed by atoms with Crippen LogP contribution >= 0.6 is 11.3 Å². The number of anilines is 1. The number of phenols is 1. The second-order valence-electron chi connectivity index (χ2n) is 6.28. The molecule has 3 rings (SSSR count). The van der Waals surface area contributed by atoms with Crippen LogP contribution in [0.25, 0.3) is 0 Å². The van der Waals surface area contributed by atoms with Crippen LogP contribution < -0.4 is 5.32 Å². The number of allylic oxidation sites excluding steroid dienone is 1. The lowest BCUT2D eigenvalue weighted by atomic mass is 9.95. The molecule has 1 aromatic heterocycles. The highest BCUT2D eigenvalue weighted by Crippen LogP contribution is 2.33. The van der Waals surface area contributed by atoms with Crippen LogP contribution in [0.1, 0.15) is 30.7 Å². The molecule has 2 atom stereocenters. The van der Waals surface area contributed by atoms with E-state index in [0.717, 1.165) is 12.0 Å². The minimum atomic E-state index is -0.525. The summed E-state index contributed by atoms with van der Waals surface area (Å²) in [5.41, 5.74) is 1.61. The molecule has 0 saturated carbocycles. The summed E-state index contributed by atoms with van der Waals surface area (Å²) in [5, 5.41) is 25.2. The molecule has 6 nitrogen and oxygen atoms in total. The van der Waals surface area contributed by atoms with Gasteiger partial charge in [-0.25, -0.2) is 0 Å². The average molecular weight is 389 g/mol. The summed E-state index contributed by atoms with van der Waals surface area (Å²) in [6, 6.07) is 8.39. The van der Waals surface area contributed by atoms with Crippen LogP contribution in [0.2, 0.25) is 0 Å². The Morgan fingerprint density at radius 2 is 2.22 bits per heavy atom. The summed E-state index contributed by atoms with van der Waals surface area (Å²) < 4.78 is 11.5. The summed E-state index contributed by atoms with van der Waals surface area (Å²) >= 11 is 1.61. The van der Waals surface area contributed by atoms with Crippen LogP contribution in [0.5, 0.6) is 5.75 Å². The van der Waals surface area contributed by atoms with Gasteiger partial charge in [0.05, 0.1) is 6.61 Å². The number of thiophene rings is 1. The van der Waals surface area contributed by atoms with Crippen molar-refractivity contribution in [3.05, 3.63) is 58.5 Å². The highest BCUT2D eigenvalue weighted by Gasteiger charge is 2.29. The number of amides is 1. The quantitative estimate of drug-likeness (QED) is 0.601. The number of rotatable bonds is 8. The molecule has 0 aliphatic carbocycles. The Morgan fingerprint density at radius 1 is 1.33 bits per heavy atom. The number of phenolic OH excluding ortho intramolecular Hbond substituents is 1. The number of ether oxygens (including phenoxy) is 2. The molecular formula is C20H23NO5S. The molecule has 0 radical (unpaired) electrons. The Labute approximate surface area is 162 Å². The smallest absolute Gasteiger partial charge is 0.290 e. The normalized spacial score (nSPS) is 19.2. The zero-order chi connectivity index (χ0) is 19.1. The number of hydrogen-bond acceptors (Lipinski definition) is 6. The van der Waals surface area contributed by atoms with Crippen molar-refractivity contribution in [2.45, 2.75) is 31.5 Å². The topological polar surface area (TPSA) is 88.0 Å². The van der Waals surface area contributed by atoms with E-state index in [0.29, 0.717) is 25.1 Å². The first-order valence-electron chi connectivity index (χ1n) is 8.89. The largest absolute Gasteiger partial charge is 0.508 e. The van der Waals surface area contributed by atoms with E-state index in [1.807, 2.05) is 17.5 Å². The molecule has 3 N–H and O–H groups in total. The molecule has 0 bridgehead atoms. The van der Waals surface area contributed by atoms with Gasteiger partial charge >= 0.3 is 0 Å². The summed E-state index contributed by atoms with van der Waals surface area (Å²) in [6.07, 6.45) is 3.31. The van der Waals surface area contributed by atoms with Crippen molar-refractivity contribution in [3.63, 3.8) is 0 Å². The van der Waals surface area contributed by atoms with Gasteiger partial charge in [-0.15, -0.1) is 0 Å². The Kier molecular flexibility index (Phi) is 6.86. The molecule has 1 aromatic carbocycles. The van der Waals surface area contributed by atoms with E-state index in [9.17, 15) is 9.90 Å². The molecular weight excluding hydrogens is 366 g/mol. The Balaban J connectivity index is 1.71. The summed E-state index contributed by atoms with van der Waals surface area (Å²) in [6.45, 7) is 0.590.